The predicted octanol–water partition coefficient (Wildman–Crippen LogP) is 2.99. The molecule has 0 spiro atoms. The Hall–Kier alpha value is -2.42. The normalized spacial score (nSPS) is 11.6. The molecule has 0 N–H and O–H groups in total. The van der Waals surface area contributed by atoms with E-state index in [1.165, 1.54) is 0 Å². The molecule has 3 rings (SSSR count). The lowest BCUT2D eigenvalue weighted by Crippen LogP contribution is -2.03. The molecule has 0 fully saturated rings. The van der Waals surface area contributed by atoms with Gasteiger partial charge < -0.3 is 4.42 Å². The number of benzene rings is 2. The van der Waals surface area contributed by atoms with Gasteiger partial charge in [0.25, 0.3) is 0 Å². The fourth-order valence-electron chi connectivity index (χ4n) is 2.09. The van der Waals surface area contributed by atoms with Crippen molar-refractivity contribution in [2.24, 2.45) is 4.99 Å². The predicted molar refractivity (Wildman–Crippen MR) is 73.5 cm³/mol. The van der Waals surface area contributed by atoms with Crippen molar-refractivity contribution in [1.29, 1.82) is 0 Å². The number of fused-ring (bicyclic) bond motifs is 2. The molecule has 0 saturated heterocycles. The first-order valence-corrected chi connectivity index (χ1v) is 5.68. The lowest BCUT2D eigenvalue weighted by Gasteiger charge is -2.03. The van der Waals surface area contributed by atoms with Gasteiger partial charge in [0, 0.05) is 18.8 Å². The maximum Gasteiger partial charge on any atom is 0.200 e. The van der Waals surface area contributed by atoms with E-state index >= 15 is 0 Å². The van der Waals surface area contributed by atoms with E-state index in [0.717, 1.165) is 5.56 Å². The van der Waals surface area contributed by atoms with E-state index in [1.54, 1.807) is 31.5 Å². The molecule has 0 amide bonds. The van der Waals surface area contributed by atoms with Crippen LogP contribution in [-0.4, -0.2) is 13.3 Å². The van der Waals surface area contributed by atoms with Gasteiger partial charge in [-0.1, -0.05) is 18.2 Å². The Bertz CT molecular complexity index is 815. The standard InChI is InChI=1S/C15H11NO2/c1-16-9-10-5-4-7-12-14(17)11-6-2-3-8-13(11)18-15(10)12/h2-9H,1H3. The first-order valence-electron chi connectivity index (χ1n) is 5.68. The highest BCUT2D eigenvalue weighted by Crippen LogP contribution is 2.20. The van der Waals surface area contributed by atoms with Crippen LogP contribution in [0.1, 0.15) is 5.56 Å². The average Bonchev–Trinajstić information content (AvgIpc) is 2.40. The fraction of sp³-hybridized carbons (Fsp3) is 0.0667. The molecule has 0 unspecified atom stereocenters. The molecular weight excluding hydrogens is 226 g/mol. The van der Waals surface area contributed by atoms with Crippen LogP contribution < -0.4 is 5.43 Å². The van der Waals surface area contributed by atoms with Crippen molar-refractivity contribution < 1.29 is 4.42 Å². The molecule has 0 aliphatic carbocycles. The van der Waals surface area contributed by atoms with E-state index in [4.69, 9.17) is 4.42 Å². The minimum atomic E-state index is -0.00166. The highest BCUT2D eigenvalue weighted by atomic mass is 16.3. The van der Waals surface area contributed by atoms with Crippen LogP contribution in [-0.2, 0) is 0 Å². The summed E-state index contributed by atoms with van der Waals surface area (Å²) in [5.74, 6) is 0. The summed E-state index contributed by atoms with van der Waals surface area (Å²) in [6.45, 7) is 0. The average molecular weight is 237 g/mol. The van der Waals surface area contributed by atoms with Gasteiger partial charge in [-0.15, -0.1) is 0 Å². The third-order valence-electron chi connectivity index (χ3n) is 2.90. The van der Waals surface area contributed by atoms with Crippen LogP contribution in [0.4, 0.5) is 0 Å². The second-order valence-electron chi connectivity index (χ2n) is 4.04. The van der Waals surface area contributed by atoms with Gasteiger partial charge in [0.15, 0.2) is 0 Å². The number of nitrogens with zero attached hydrogens (tertiary/aromatic N) is 1. The molecule has 0 radical (unpaired) electrons. The zero-order valence-corrected chi connectivity index (χ0v) is 9.88. The third-order valence-corrected chi connectivity index (χ3v) is 2.90. The number of hydrogen-bond acceptors (Lipinski definition) is 3. The van der Waals surface area contributed by atoms with Gasteiger partial charge in [-0.25, -0.2) is 0 Å². The molecule has 3 nitrogen and oxygen atoms in total. The van der Waals surface area contributed by atoms with Gasteiger partial charge in [-0.3, -0.25) is 9.79 Å². The number of rotatable bonds is 1. The molecule has 3 heteroatoms. The maximum atomic E-state index is 12.3. The molecule has 0 bridgehead atoms. The van der Waals surface area contributed by atoms with E-state index in [2.05, 4.69) is 4.99 Å². The third kappa shape index (κ3) is 1.52. The number of para-hydroxylation sites is 2. The smallest absolute Gasteiger partial charge is 0.200 e. The van der Waals surface area contributed by atoms with Crippen molar-refractivity contribution in [2.45, 2.75) is 0 Å². The Morgan fingerprint density at radius 3 is 2.67 bits per heavy atom. The van der Waals surface area contributed by atoms with E-state index in [0.29, 0.717) is 21.9 Å². The first-order chi connectivity index (χ1) is 8.81. The second-order valence-corrected chi connectivity index (χ2v) is 4.04. The molecule has 2 aromatic carbocycles. The van der Waals surface area contributed by atoms with Crippen molar-refractivity contribution >= 4 is 28.2 Å². The van der Waals surface area contributed by atoms with Gasteiger partial charge in [0.05, 0.1) is 10.8 Å². The van der Waals surface area contributed by atoms with Crippen molar-refractivity contribution in [3.8, 4) is 0 Å². The quantitative estimate of drug-likeness (QED) is 0.482. The van der Waals surface area contributed by atoms with Crippen LogP contribution in [0, 0.1) is 0 Å². The lowest BCUT2D eigenvalue weighted by atomic mass is 10.1. The van der Waals surface area contributed by atoms with Gasteiger partial charge in [-0.05, 0) is 24.3 Å². The van der Waals surface area contributed by atoms with E-state index in [-0.39, 0.29) is 5.43 Å². The summed E-state index contributed by atoms with van der Waals surface area (Å²) >= 11 is 0. The van der Waals surface area contributed by atoms with Crippen LogP contribution in [0.5, 0.6) is 0 Å². The van der Waals surface area contributed by atoms with E-state index in [1.807, 2.05) is 24.3 Å². The van der Waals surface area contributed by atoms with E-state index < -0.39 is 0 Å². The van der Waals surface area contributed by atoms with Crippen molar-refractivity contribution in [2.75, 3.05) is 7.05 Å². The molecular formula is C15H11NO2. The zero-order chi connectivity index (χ0) is 12.5. The van der Waals surface area contributed by atoms with Crippen LogP contribution in [0.25, 0.3) is 21.9 Å². The number of hydrogen-bond donors (Lipinski definition) is 0. The minimum absolute atomic E-state index is 0.00166. The Balaban J connectivity index is 2.55. The van der Waals surface area contributed by atoms with Crippen LogP contribution in [0.3, 0.4) is 0 Å². The summed E-state index contributed by atoms with van der Waals surface area (Å²) in [5, 5.41) is 1.20. The topological polar surface area (TPSA) is 42.6 Å². The van der Waals surface area contributed by atoms with E-state index in [9.17, 15) is 4.79 Å². The molecule has 1 aromatic heterocycles. The Morgan fingerprint density at radius 2 is 1.83 bits per heavy atom. The molecule has 0 aliphatic heterocycles. The summed E-state index contributed by atoms with van der Waals surface area (Å²) in [6.07, 6.45) is 1.69. The molecule has 0 saturated carbocycles. The van der Waals surface area contributed by atoms with Crippen molar-refractivity contribution in [3.05, 3.63) is 58.3 Å². The summed E-state index contributed by atoms with van der Waals surface area (Å²) in [4.78, 5) is 16.3. The Kier molecular flexibility index (Phi) is 2.45. The molecule has 1 heterocycles. The second kappa shape index (κ2) is 4.11. The highest BCUT2D eigenvalue weighted by Gasteiger charge is 2.09. The Labute approximate surface area is 103 Å². The van der Waals surface area contributed by atoms with Crippen LogP contribution >= 0.6 is 0 Å². The molecule has 3 aromatic rings. The minimum Gasteiger partial charge on any atom is -0.455 e. The van der Waals surface area contributed by atoms with Gasteiger partial charge >= 0.3 is 0 Å². The molecule has 88 valence electrons. The van der Waals surface area contributed by atoms with Gasteiger partial charge in [0.1, 0.15) is 11.2 Å². The summed E-state index contributed by atoms with van der Waals surface area (Å²) in [5.41, 5.74) is 2.01. The highest BCUT2D eigenvalue weighted by molar-refractivity contribution is 5.99. The van der Waals surface area contributed by atoms with Gasteiger partial charge in [0.2, 0.25) is 5.43 Å². The van der Waals surface area contributed by atoms with Crippen molar-refractivity contribution in [3.63, 3.8) is 0 Å². The van der Waals surface area contributed by atoms with Crippen molar-refractivity contribution in [1.82, 2.24) is 0 Å². The zero-order valence-electron chi connectivity index (χ0n) is 9.88. The Morgan fingerprint density at radius 1 is 1.06 bits per heavy atom. The maximum absolute atomic E-state index is 12.3. The monoisotopic (exact) mass is 237 g/mol. The largest absolute Gasteiger partial charge is 0.455 e. The van der Waals surface area contributed by atoms with Crippen LogP contribution in [0.15, 0.2) is 56.7 Å². The molecule has 0 atom stereocenters. The van der Waals surface area contributed by atoms with Gasteiger partial charge in [-0.2, -0.15) is 0 Å². The summed E-state index contributed by atoms with van der Waals surface area (Å²) in [6, 6.07) is 12.8. The molecule has 18 heavy (non-hydrogen) atoms. The lowest BCUT2D eigenvalue weighted by molar-refractivity contribution is 0.659. The first kappa shape index (κ1) is 10.7. The summed E-state index contributed by atoms with van der Waals surface area (Å²) in [7, 11) is 1.69. The van der Waals surface area contributed by atoms with Crippen LogP contribution in [0.2, 0.25) is 0 Å². The fourth-order valence-corrected chi connectivity index (χ4v) is 2.09. The molecule has 0 aliphatic rings. The SMILES string of the molecule is CN=Cc1cccc2c(=O)c3ccccc3oc12. The number of aliphatic imine (C=N–C) groups is 1. The summed E-state index contributed by atoms with van der Waals surface area (Å²) < 4.78 is 5.82.